The largest absolute Gasteiger partial charge is 0.458 e. The third-order valence-electron chi connectivity index (χ3n) is 1.42. The van der Waals surface area contributed by atoms with Gasteiger partial charge in [0.15, 0.2) is 5.60 Å². The van der Waals surface area contributed by atoms with Gasteiger partial charge in [-0.05, 0) is 41.9 Å². The third kappa shape index (κ3) is 2.74. The number of terminal acetylenes is 1. The molecule has 0 spiro atoms. The maximum absolute atomic E-state index is 5.49. The van der Waals surface area contributed by atoms with Gasteiger partial charge >= 0.3 is 0 Å². The fraction of sp³-hybridized carbons (Fsp3) is 0.300. The van der Waals surface area contributed by atoms with Crippen LogP contribution in [0.2, 0.25) is 0 Å². The first kappa shape index (κ1) is 10.1. The summed E-state index contributed by atoms with van der Waals surface area (Å²) in [7, 11) is 0. The molecule has 0 aliphatic rings. The van der Waals surface area contributed by atoms with Crippen molar-refractivity contribution in [3.8, 4) is 18.2 Å². The van der Waals surface area contributed by atoms with Gasteiger partial charge < -0.3 is 4.74 Å². The Morgan fingerprint density at radius 3 is 2.85 bits per heavy atom. The number of nitrogens with zero attached hydrogens (tertiary/aromatic N) is 1. The van der Waals surface area contributed by atoms with Crippen LogP contribution in [0.4, 0.5) is 0 Å². The van der Waals surface area contributed by atoms with Crippen molar-refractivity contribution in [2.45, 2.75) is 19.4 Å². The quantitative estimate of drug-likeness (QED) is 0.741. The van der Waals surface area contributed by atoms with Crippen LogP contribution in [0.1, 0.15) is 13.8 Å². The number of hydrogen-bond donors (Lipinski definition) is 0. The van der Waals surface area contributed by atoms with E-state index in [0.717, 1.165) is 4.47 Å². The van der Waals surface area contributed by atoms with Crippen molar-refractivity contribution in [2.75, 3.05) is 0 Å². The topological polar surface area (TPSA) is 22.1 Å². The Hall–Kier alpha value is -1.01. The molecule has 0 saturated carbocycles. The lowest BCUT2D eigenvalue weighted by Crippen LogP contribution is -2.26. The zero-order valence-corrected chi connectivity index (χ0v) is 9.13. The predicted molar refractivity (Wildman–Crippen MR) is 55.5 cm³/mol. The zero-order chi connectivity index (χ0) is 9.90. The van der Waals surface area contributed by atoms with Crippen LogP contribution >= 0.6 is 15.9 Å². The number of halogens is 1. The van der Waals surface area contributed by atoms with Gasteiger partial charge in [0.05, 0.1) is 4.47 Å². The first-order chi connectivity index (χ1) is 6.05. The molecule has 0 aromatic carbocycles. The van der Waals surface area contributed by atoms with Crippen LogP contribution in [0, 0.1) is 12.3 Å². The smallest absolute Gasteiger partial charge is 0.229 e. The molecule has 1 aromatic rings. The van der Waals surface area contributed by atoms with Crippen LogP contribution in [0.5, 0.6) is 5.88 Å². The molecular formula is C10H10BrNO. The van der Waals surface area contributed by atoms with Gasteiger partial charge in [-0.3, -0.25) is 0 Å². The van der Waals surface area contributed by atoms with Crippen molar-refractivity contribution in [2.24, 2.45) is 0 Å². The molecule has 0 saturated heterocycles. The molecule has 68 valence electrons. The molecule has 0 aliphatic carbocycles. The molecule has 0 unspecified atom stereocenters. The standard InChI is InChI=1S/C10H10BrNO/c1-4-10(2,3)13-9-8(11)6-5-7-12-9/h1,5-7H,2-3H3. The van der Waals surface area contributed by atoms with E-state index in [0.29, 0.717) is 5.88 Å². The van der Waals surface area contributed by atoms with Crippen LogP contribution in [0.15, 0.2) is 22.8 Å². The minimum atomic E-state index is -0.628. The lowest BCUT2D eigenvalue weighted by Gasteiger charge is -2.19. The molecule has 0 fully saturated rings. The highest BCUT2D eigenvalue weighted by Crippen LogP contribution is 2.24. The monoisotopic (exact) mass is 239 g/mol. The highest BCUT2D eigenvalue weighted by Gasteiger charge is 2.17. The van der Waals surface area contributed by atoms with Gasteiger partial charge in [-0.25, -0.2) is 4.98 Å². The normalized spacial score (nSPS) is 10.6. The second kappa shape index (κ2) is 3.80. The second-order valence-corrected chi connectivity index (χ2v) is 3.90. The number of hydrogen-bond acceptors (Lipinski definition) is 2. The maximum Gasteiger partial charge on any atom is 0.229 e. The van der Waals surface area contributed by atoms with Crippen molar-refractivity contribution in [1.82, 2.24) is 4.98 Å². The van der Waals surface area contributed by atoms with Crippen LogP contribution < -0.4 is 4.74 Å². The van der Waals surface area contributed by atoms with Crippen molar-refractivity contribution >= 4 is 15.9 Å². The minimum Gasteiger partial charge on any atom is -0.458 e. The van der Waals surface area contributed by atoms with E-state index in [9.17, 15) is 0 Å². The van der Waals surface area contributed by atoms with Crippen molar-refractivity contribution < 1.29 is 4.74 Å². The Kier molecular flexibility index (Phi) is 2.94. The van der Waals surface area contributed by atoms with Gasteiger partial charge in [0, 0.05) is 6.20 Å². The second-order valence-electron chi connectivity index (χ2n) is 3.05. The van der Waals surface area contributed by atoms with Gasteiger partial charge in [0.25, 0.3) is 0 Å². The summed E-state index contributed by atoms with van der Waals surface area (Å²) in [5.41, 5.74) is -0.628. The van der Waals surface area contributed by atoms with Gasteiger partial charge in [-0.15, -0.1) is 6.42 Å². The Morgan fingerprint density at radius 2 is 2.31 bits per heavy atom. The number of pyridine rings is 1. The van der Waals surface area contributed by atoms with Crippen LogP contribution in [-0.4, -0.2) is 10.6 Å². The molecule has 0 amide bonds. The fourth-order valence-corrected chi connectivity index (χ4v) is 1.05. The van der Waals surface area contributed by atoms with Crippen LogP contribution in [0.25, 0.3) is 0 Å². The summed E-state index contributed by atoms with van der Waals surface area (Å²) in [6.45, 7) is 3.63. The van der Waals surface area contributed by atoms with Crippen molar-refractivity contribution in [3.05, 3.63) is 22.8 Å². The maximum atomic E-state index is 5.49. The summed E-state index contributed by atoms with van der Waals surface area (Å²) < 4.78 is 6.29. The first-order valence-electron chi connectivity index (χ1n) is 3.82. The average molecular weight is 240 g/mol. The van der Waals surface area contributed by atoms with Gasteiger partial charge in [0.2, 0.25) is 5.88 Å². The molecule has 2 nitrogen and oxygen atoms in total. The SMILES string of the molecule is C#CC(C)(C)Oc1ncccc1Br. The van der Waals surface area contributed by atoms with Gasteiger partial charge in [-0.1, -0.05) is 5.92 Å². The van der Waals surface area contributed by atoms with Crippen LogP contribution in [-0.2, 0) is 0 Å². The van der Waals surface area contributed by atoms with E-state index in [1.54, 1.807) is 6.20 Å². The Balaban J connectivity index is 2.88. The van der Waals surface area contributed by atoms with Crippen molar-refractivity contribution in [3.63, 3.8) is 0 Å². The van der Waals surface area contributed by atoms with Gasteiger partial charge in [0.1, 0.15) is 0 Å². The van der Waals surface area contributed by atoms with Crippen LogP contribution in [0.3, 0.4) is 0 Å². The van der Waals surface area contributed by atoms with E-state index >= 15 is 0 Å². The zero-order valence-electron chi connectivity index (χ0n) is 7.54. The molecule has 3 heteroatoms. The fourth-order valence-electron chi connectivity index (χ4n) is 0.717. The molecule has 0 N–H and O–H groups in total. The summed E-state index contributed by atoms with van der Waals surface area (Å²) in [6.07, 6.45) is 6.95. The predicted octanol–water partition coefficient (Wildman–Crippen LogP) is 2.63. The minimum absolute atomic E-state index is 0.519. The average Bonchev–Trinajstić information content (AvgIpc) is 2.09. The highest BCUT2D eigenvalue weighted by atomic mass is 79.9. The Bertz CT molecular complexity index is 341. The van der Waals surface area contributed by atoms with Gasteiger partial charge in [-0.2, -0.15) is 0 Å². The van der Waals surface area contributed by atoms with E-state index in [1.165, 1.54) is 0 Å². The van der Waals surface area contributed by atoms with E-state index in [4.69, 9.17) is 11.2 Å². The number of rotatable bonds is 2. The summed E-state index contributed by atoms with van der Waals surface area (Å²) in [5, 5.41) is 0. The molecule has 1 aromatic heterocycles. The molecule has 0 atom stereocenters. The summed E-state index contributed by atoms with van der Waals surface area (Å²) in [6, 6.07) is 3.68. The molecule has 0 bridgehead atoms. The molecule has 0 radical (unpaired) electrons. The van der Waals surface area contributed by atoms with Crippen molar-refractivity contribution in [1.29, 1.82) is 0 Å². The first-order valence-corrected chi connectivity index (χ1v) is 4.62. The molecular weight excluding hydrogens is 230 g/mol. The summed E-state index contributed by atoms with van der Waals surface area (Å²) in [4.78, 5) is 4.05. The van der Waals surface area contributed by atoms with E-state index in [2.05, 4.69) is 26.8 Å². The number of ether oxygens (including phenoxy) is 1. The van der Waals surface area contributed by atoms with E-state index in [-0.39, 0.29) is 0 Å². The lowest BCUT2D eigenvalue weighted by molar-refractivity contribution is 0.163. The molecule has 13 heavy (non-hydrogen) atoms. The number of aromatic nitrogens is 1. The molecule has 0 aliphatic heterocycles. The summed E-state index contributed by atoms with van der Waals surface area (Å²) >= 11 is 3.32. The Labute approximate surface area is 86.5 Å². The van der Waals surface area contributed by atoms with E-state index in [1.807, 2.05) is 26.0 Å². The molecule has 1 rings (SSSR count). The molecule has 1 heterocycles. The lowest BCUT2D eigenvalue weighted by atomic mass is 10.1. The Morgan fingerprint density at radius 1 is 1.62 bits per heavy atom. The summed E-state index contributed by atoms with van der Waals surface area (Å²) in [5.74, 6) is 3.05. The van der Waals surface area contributed by atoms with E-state index < -0.39 is 5.60 Å². The third-order valence-corrected chi connectivity index (χ3v) is 2.03. The highest BCUT2D eigenvalue weighted by molar-refractivity contribution is 9.10.